The highest BCUT2D eigenvalue weighted by atomic mass is 16.5. The van der Waals surface area contributed by atoms with Crippen molar-refractivity contribution in [1.82, 2.24) is 4.90 Å². The summed E-state index contributed by atoms with van der Waals surface area (Å²) in [5.74, 6) is 1.32. The van der Waals surface area contributed by atoms with Crippen LogP contribution in [-0.4, -0.2) is 36.2 Å². The molecule has 1 heterocycles. The van der Waals surface area contributed by atoms with Gasteiger partial charge in [-0.05, 0) is 44.3 Å². The fourth-order valence-electron chi connectivity index (χ4n) is 2.79. The van der Waals surface area contributed by atoms with E-state index >= 15 is 0 Å². The summed E-state index contributed by atoms with van der Waals surface area (Å²) in [6.45, 7) is 8.29. The van der Waals surface area contributed by atoms with E-state index in [9.17, 15) is 5.11 Å². The Bertz CT molecular complexity index is 413. The Morgan fingerprint density at radius 2 is 1.86 bits per heavy atom. The predicted molar refractivity (Wildman–Crippen MR) is 86.6 cm³/mol. The largest absolute Gasteiger partial charge is 0.493 e. The standard InChI is InChI=1S/C18H29NO2/c1-15(2)14-21-18-9-5-4-8-16(18)17(20)10-13-19-11-6-3-7-12-19/h4-5,8-9,15,17,20H,3,6-7,10-14H2,1-2H3. The lowest BCUT2D eigenvalue weighted by Crippen LogP contribution is -2.31. The van der Waals surface area contributed by atoms with Gasteiger partial charge in [0.15, 0.2) is 0 Å². The van der Waals surface area contributed by atoms with Crippen molar-refractivity contribution in [2.75, 3.05) is 26.2 Å². The molecule has 0 aromatic heterocycles. The number of ether oxygens (including phenoxy) is 1. The fourth-order valence-corrected chi connectivity index (χ4v) is 2.79. The molecule has 0 bridgehead atoms. The van der Waals surface area contributed by atoms with Crippen LogP contribution >= 0.6 is 0 Å². The number of hydrogen-bond donors (Lipinski definition) is 1. The van der Waals surface area contributed by atoms with E-state index in [2.05, 4.69) is 18.7 Å². The smallest absolute Gasteiger partial charge is 0.125 e. The highest BCUT2D eigenvalue weighted by Gasteiger charge is 2.16. The molecule has 1 saturated heterocycles. The number of hydrogen-bond acceptors (Lipinski definition) is 3. The molecule has 118 valence electrons. The maximum atomic E-state index is 10.5. The van der Waals surface area contributed by atoms with Crippen molar-refractivity contribution in [3.05, 3.63) is 29.8 Å². The first-order valence-corrected chi connectivity index (χ1v) is 8.29. The summed E-state index contributed by atoms with van der Waals surface area (Å²) < 4.78 is 5.84. The molecule has 0 spiro atoms. The third-order valence-electron chi connectivity index (χ3n) is 4.02. The van der Waals surface area contributed by atoms with Gasteiger partial charge in [0.2, 0.25) is 0 Å². The van der Waals surface area contributed by atoms with Crippen LogP contribution in [-0.2, 0) is 0 Å². The molecule has 0 aliphatic carbocycles. The monoisotopic (exact) mass is 291 g/mol. The fraction of sp³-hybridized carbons (Fsp3) is 0.667. The lowest BCUT2D eigenvalue weighted by Gasteiger charge is -2.27. The maximum absolute atomic E-state index is 10.5. The van der Waals surface area contributed by atoms with E-state index in [4.69, 9.17) is 4.74 Å². The van der Waals surface area contributed by atoms with Crippen molar-refractivity contribution >= 4 is 0 Å². The average molecular weight is 291 g/mol. The first-order valence-electron chi connectivity index (χ1n) is 8.29. The summed E-state index contributed by atoms with van der Waals surface area (Å²) in [5.41, 5.74) is 0.926. The highest BCUT2D eigenvalue weighted by Crippen LogP contribution is 2.28. The SMILES string of the molecule is CC(C)COc1ccccc1C(O)CCN1CCCCC1. The number of para-hydroxylation sites is 1. The van der Waals surface area contributed by atoms with Crippen LogP contribution in [0.5, 0.6) is 5.75 Å². The number of piperidine rings is 1. The quantitative estimate of drug-likeness (QED) is 0.832. The summed E-state index contributed by atoms with van der Waals surface area (Å²) in [4.78, 5) is 2.46. The molecule has 1 aromatic rings. The summed E-state index contributed by atoms with van der Waals surface area (Å²) in [6.07, 6.45) is 4.29. The van der Waals surface area contributed by atoms with Crippen molar-refractivity contribution < 1.29 is 9.84 Å². The Labute approximate surface area is 128 Å². The summed E-state index contributed by atoms with van der Waals surface area (Å²) in [6, 6.07) is 7.89. The van der Waals surface area contributed by atoms with Gasteiger partial charge in [0.1, 0.15) is 5.75 Å². The van der Waals surface area contributed by atoms with Crippen LogP contribution in [0.4, 0.5) is 0 Å². The third-order valence-corrected chi connectivity index (χ3v) is 4.02. The Morgan fingerprint density at radius 1 is 1.14 bits per heavy atom. The van der Waals surface area contributed by atoms with Gasteiger partial charge in [-0.1, -0.05) is 38.5 Å². The zero-order chi connectivity index (χ0) is 15.1. The van der Waals surface area contributed by atoms with Gasteiger partial charge >= 0.3 is 0 Å². The third kappa shape index (κ3) is 5.33. The van der Waals surface area contributed by atoms with Crippen LogP contribution in [0.25, 0.3) is 0 Å². The summed E-state index contributed by atoms with van der Waals surface area (Å²) in [7, 11) is 0. The number of nitrogens with zero attached hydrogens (tertiary/aromatic N) is 1. The van der Waals surface area contributed by atoms with E-state index < -0.39 is 6.10 Å². The minimum atomic E-state index is -0.435. The van der Waals surface area contributed by atoms with Crippen LogP contribution in [0.2, 0.25) is 0 Å². The molecule has 21 heavy (non-hydrogen) atoms. The first kappa shape index (κ1) is 16.3. The lowest BCUT2D eigenvalue weighted by molar-refractivity contribution is 0.129. The summed E-state index contributed by atoms with van der Waals surface area (Å²) in [5, 5.41) is 10.5. The molecule has 3 heteroatoms. The van der Waals surface area contributed by atoms with E-state index in [1.807, 2.05) is 24.3 Å². The van der Waals surface area contributed by atoms with E-state index in [1.165, 1.54) is 32.4 Å². The molecule has 2 rings (SSSR count). The molecule has 1 fully saturated rings. The minimum absolute atomic E-state index is 0.435. The second kappa shape index (κ2) is 8.40. The second-order valence-corrected chi connectivity index (χ2v) is 6.45. The van der Waals surface area contributed by atoms with Crippen LogP contribution in [0.3, 0.4) is 0 Å². The second-order valence-electron chi connectivity index (χ2n) is 6.45. The molecular formula is C18H29NO2. The maximum Gasteiger partial charge on any atom is 0.125 e. The number of rotatable bonds is 7. The minimum Gasteiger partial charge on any atom is -0.493 e. The number of aliphatic hydroxyl groups excluding tert-OH is 1. The topological polar surface area (TPSA) is 32.7 Å². The molecule has 1 unspecified atom stereocenters. The Kier molecular flexibility index (Phi) is 6.52. The molecule has 0 radical (unpaired) electrons. The summed E-state index contributed by atoms with van der Waals surface area (Å²) >= 11 is 0. The predicted octanol–water partition coefficient (Wildman–Crippen LogP) is 3.63. The molecule has 1 N–H and O–H groups in total. The molecule has 0 amide bonds. The van der Waals surface area contributed by atoms with Gasteiger partial charge < -0.3 is 14.7 Å². The van der Waals surface area contributed by atoms with E-state index in [0.717, 1.165) is 24.3 Å². The normalized spacial score (nSPS) is 17.9. The van der Waals surface area contributed by atoms with Gasteiger partial charge in [-0.25, -0.2) is 0 Å². The number of benzene rings is 1. The zero-order valence-corrected chi connectivity index (χ0v) is 13.4. The van der Waals surface area contributed by atoms with Gasteiger partial charge in [-0.3, -0.25) is 0 Å². The van der Waals surface area contributed by atoms with Crippen molar-refractivity contribution in [3.8, 4) is 5.75 Å². The van der Waals surface area contributed by atoms with Gasteiger partial charge in [-0.15, -0.1) is 0 Å². The first-order chi connectivity index (χ1) is 10.2. The van der Waals surface area contributed by atoms with E-state index in [1.54, 1.807) is 0 Å². The van der Waals surface area contributed by atoms with Crippen LogP contribution in [0, 0.1) is 5.92 Å². The van der Waals surface area contributed by atoms with Crippen molar-refractivity contribution in [2.45, 2.75) is 45.6 Å². The Balaban J connectivity index is 1.89. The Morgan fingerprint density at radius 3 is 2.57 bits per heavy atom. The molecule has 1 atom stereocenters. The molecule has 1 aliphatic rings. The van der Waals surface area contributed by atoms with Gasteiger partial charge in [0.25, 0.3) is 0 Å². The van der Waals surface area contributed by atoms with Crippen molar-refractivity contribution in [2.24, 2.45) is 5.92 Å². The highest BCUT2D eigenvalue weighted by molar-refractivity contribution is 5.35. The number of aliphatic hydroxyl groups is 1. The lowest BCUT2D eigenvalue weighted by atomic mass is 10.0. The molecule has 1 aromatic carbocycles. The number of likely N-dealkylation sites (tertiary alicyclic amines) is 1. The van der Waals surface area contributed by atoms with Crippen molar-refractivity contribution in [1.29, 1.82) is 0 Å². The van der Waals surface area contributed by atoms with E-state index in [0.29, 0.717) is 12.5 Å². The van der Waals surface area contributed by atoms with E-state index in [-0.39, 0.29) is 0 Å². The van der Waals surface area contributed by atoms with Crippen LogP contribution in [0.15, 0.2) is 24.3 Å². The van der Waals surface area contributed by atoms with Gasteiger partial charge in [0.05, 0.1) is 12.7 Å². The molecular weight excluding hydrogens is 262 g/mol. The van der Waals surface area contributed by atoms with Gasteiger partial charge in [0, 0.05) is 12.1 Å². The molecule has 1 aliphatic heterocycles. The van der Waals surface area contributed by atoms with Gasteiger partial charge in [-0.2, -0.15) is 0 Å². The van der Waals surface area contributed by atoms with Crippen LogP contribution in [0.1, 0.15) is 51.2 Å². The average Bonchev–Trinajstić information content (AvgIpc) is 2.52. The Hall–Kier alpha value is -1.06. The van der Waals surface area contributed by atoms with Crippen molar-refractivity contribution in [3.63, 3.8) is 0 Å². The zero-order valence-electron chi connectivity index (χ0n) is 13.4. The molecule has 3 nitrogen and oxygen atoms in total. The molecule has 0 saturated carbocycles. The van der Waals surface area contributed by atoms with Crippen LogP contribution < -0.4 is 4.74 Å².